The minimum absolute atomic E-state index is 0.0463. The van der Waals surface area contributed by atoms with E-state index in [1.165, 1.54) is 0 Å². The van der Waals surface area contributed by atoms with Gasteiger partial charge in [0, 0.05) is 20.6 Å². The van der Waals surface area contributed by atoms with Gasteiger partial charge in [-0.25, -0.2) is 5.01 Å². The van der Waals surface area contributed by atoms with Crippen LogP contribution < -0.4 is 0 Å². The Balaban J connectivity index is 2.66. The largest absolute Gasteiger partial charge is 0.235 e. The molecule has 1 atom stereocenters. The van der Waals surface area contributed by atoms with Gasteiger partial charge in [0.1, 0.15) is 0 Å². The Labute approximate surface area is 65.2 Å². The van der Waals surface area contributed by atoms with Crippen molar-refractivity contribution in [2.45, 2.75) is 6.42 Å². The Kier molecular flexibility index (Phi) is 2.65. The second kappa shape index (κ2) is 3.32. The lowest BCUT2D eigenvalue weighted by molar-refractivity contribution is 0.140. The van der Waals surface area contributed by atoms with Gasteiger partial charge in [0.25, 0.3) is 0 Å². The summed E-state index contributed by atoms with van der Waals surface area (Å²) in [6.07, 6.45) is 3.34. The summed E-state index contributed by atoms with van der Waals surface area (Å²) in [6, 6.07) is 0. The van der Waals surface area contributed by atoms with Crippen LogP contribution in [0.25, 0.3) is 0 Å². The quantitative estimate of drug-likeness (QED) is 0.490. The van der Waals surface area contributed by atoms with Crippen molar-refractivity contribution in [3.8, 4) is 0 Å². The maximum absolute atomic E-state index is 4.01. The van der Waals surface area contributed by atoms with E-state index in [0.717, 1.165) is 13.0 Å². The third-order valence-electron chi connectivity index (χ3n) is 1.69. The molecule has 0 aliphatic carbocycles. The van der Waals surface area contributed by atoms with Crippen LogP contribution in [0, 0.1) is 0 Å². The third kappa shape index (κ3) is 1.68. The highest BCUT2D eigenvalue weighted by Crippen LogP contribution is 2.21. The molecule has 1 aliphatic rings. The molecule has 2 nitrogen and oxygen atoms in total. The first-order valence-corrected chi connectivity index (χ1v) is 4.77. The van der Waals surface area contributed by atoms with Crippen LogP contribution >= 0.6 is 10.7 Å². The summed E-state index contributed by atoms with van der Waals surface area (Å²) >= 11 is 0. The van der Waals surface area contributed by atoms with Gasteiger partial charge in [0.15, 0.2) is 0 Å². The first-order chi connectivity index (χ1) is 4.72. The van der Waals surface area contributed by atoms with Crippen LogP contribution in [0.2, 0.25) is 0 Å². The predicted octanol–water partition coefficient (Wildman–Crippen LogP) is 1.30. The van der Waals surface area contributed by atoms with E-state index in [1.54, 1.807) is 0 Å². The summed E-state index contributed by atoms with van der Waals surface area (Å²) in [6.45, 7) is 1.10. The van der Waals surface area contributed by atoms with Gasteiger partial charge < -0.3 is 0 Å². The molecule has 0 amide bonds. The van der Waals surface area contributed by atoms with Gasteiger partial charge in [-0.15, -0.1) is 0 Å². The van der Waals surface area contributed by atoms with E-state index >= 15 is 0 Å². The number of rotatable bonds is 0. The van der Waals surface area contributed by atoms with E-state index in [-0.39, 0.29) is 10.7 Å². The minimum atomic E-state index is 0.0463. The van der Waals surface area contributed by atoms with E-state index in [1.807, 2.05) is 0 Å². The van der Waals surface area contributed by atoms with Gasteiger partial charge in [-0.3, -0.25) is 0 Å². The Bertz CT molecular complexity index is 165. The van der Waals surface area contributed by atoms with E-state index in [0.29, 0.717) is 0 Å². The normalized spacial score (nSPS) is 30.4. The average molecular weight is 158 g/mol. The minimum Gasteiger partial charge on any atom is -0.235 e. The molecule has 0 bridgehead atoms. The van der Waals surface area contributed by atoms with Crippen molar-refractivity contribution in [1.29, 1.82) is 0 Å². The highest BCUT2D eigenvalue weighted by Gasteiger charge is 2.07. The Morgan fingerprint density at radius 2 is 2.20 bits per heavy atom. The molecule has 3 heteroatoms. The molecule has 0 aromatic heterocycles. The van der Waals surface area contributed by atoms with E-state index in [4.69, 9.17) is 0 Å². The van der Waals surface area contributed by atoms with Crippen molar-refractivity contribution in [2.24, 2.45) is 0 Å². The average Bonchev–Trinajstić information content (AvgIpc) is 2.04. The SMILES string of the molecule is C=S1C=CCCN(C)N1C. The fourth-order valence-electron chi connectivity index (χ4n) is 0.848. The van der Waals surface area contributed by atoms with Gasteiger partial charge in [-0.2, -0.15) is 4.41 Å². The summed E-state index contributed by atoms with van der Waals surface area (Å²) in [4.78, 5) is 0. The van der Waals surface area contributed by atoms with E-state index in [9.17, 15) is 0 Å². The fraction of sp³-hybridized carbons (Fsp3) is 0.571. The number of hydrazine groups is 1. The topological polar surface area (TPSA) is 6.48 Å². The lowest BCUT2D eigenvalue weighted by Gasteiger charge is -2.26. The molecule has 1 unspecified atom stereocenters. The van der Waals surface area contributed by atoms with Gasteiger partial charge >= 0.3 is 0 Å². The molecule has 0 aromatic rings. The van der Waals surface area contributed by atoms with Crippen LogP contribution in [0.15, 0.2) is 11.5 Å². The fourth-order valence-corrected chi connectivity index (χ4v) is 1.82. The molecule has 1 aliphatic heterocycles. The standard InChI is InChI=1S/C7H14N2S/c1-8-6-4-5-7-10(3)9(8)2/h5,7H,3-4,6H2,1-2H3. The molecule has 0 spiro atoms. The number of hydrogen-bond donors (Lipinski definition) is 0. The second-order valence-corrected chi connectivity index (χ2v) is 4.01. The summed E-state index contributed by atoms with van der Waals surface area (Å²) in [5.74, 6) is 4.01. The van der Waals surface area contributed by atoms with Crippen LogP contribution in [0.3, 0.4) is 0 Å². The van der Waals surface area contributed by atoms with Gasteiger partial charge in [-0.1, -0.05) is 22.6 Å². The Morgan fingerprint density at radius 1 is 1.50 bits per heavy atom. The van der Waals surface area contributed by atoms with Gasteiger partial charge in [0.05, 0.1) is 0 Å². The summed E-state index contributed by atoms with van der Waals surface area (Å²) < 4.78 is 2.17. The van der Waals surface area contributed by atoms with Gasteiger partial charge in [0.2, 0.25) is 0 Å². The molecule has 1 heterocycles. The summed E-state index contributed by atoms with van der Waals surface area (Å²) in [5.41, 5.74) is 0. The predicted molar refractivity (Wildman–Crippen MR) is 48.9 cm³/mol. The maximum atomic E-state index is 4.01. The highest BCUT2D eigenvalue weighted by atomic mass is 32.2. The highest BCUT2D eigenvalue weighted by molar-refractivity contribution is 8.14. The van der Waals surface area contributed by atoms with Crippen LogP contribution in [0.4, 0.5) is 0 Å². The Hall–Kier alpha value is -0.120. The molecular weight excluding hydrogens is 144 g/mol. The molecule has 0 saturated carbocycles. The van der Waals surface area contributed by atoms with Gasteiger partial charge in [-0.05, 0) is 11.8 Å². The molecular formula is C7H14N2S. The Morgan fingerprint density at radius 3 is 2.90 bits per heavy atom. The van der Waals surface area contributed by atoms with E-state index < -0.39 is 0 Å². The number of nitrogens with zero attached hydrogens (tertiary/aromatic N) is 2. The molecule has 58 valence electrons. The van der Waals surface area contributed by atoms with Crippen molar-refractivity contribution in [2.75, 3.05) is 20.6 Å². The smallest absolute Gasteiger partial charge is 0.0173 e. The van der Waals surface area contributed by atoms with Crippen molar-refractivity contribution >= 4 is 16.5 Å². The summed E-state index contributed by atoms with van der Waals surface area (Å²) in [7, 11) is 4.22. The zero-order valence-corrected chi connectivity index (χ0v) is 7.40. The van der Waals surface area contributed by atoms with Crippen LogP contribution in [-0.2, 0) is 0 Å². The lowest BCUT2D eigenvalue weighted by atomic mass is 10.4. The van der Waals surface area contributed by atoms with Crippen LogP contribution in [0.1, 0.15) is 6.42 Å². The first-order valence-electron chi connectivity index (χ1n) is 3.36. The molecule has 0 aromatic carbocycles. The first kappa shape index (κ1) is 7.98. The van der Waals surface area contributed by atoms with Crippen molar-refractivity contribution in [3.63, 3.8) is 0 Å². The lowest BCUT2D eigenvalue weighted by Crippen LogP contribution is -2.31. The molecule has 0 fully saturated rings. The molecule has 0 radical (unpaired) electrons. The third-order valence-corrected chi connectivity index (χ3v) is 3.16. The van der Waals surface area contributed by atoms with Crippen molar-refractivity contribution < 1.29 is 0 Å². The maximum Gasteiger partial charge on any atom is 0.0173 e. The second-order valence-electron chi connectivity index (χ2n) is 2.41. The monoisotopic (exact) mass is 158 g/mol. The molecule has 1 rings (SSSR count). The summed E-state index contributed by atoms with van der Waals surface area (Å²) in [5, 5.41) is 4.37. The van der Waals surface area contributed by atoms with Crippen molar-refractivity contribution in [3.05, 3.63) is 11.5 Å². The zero-order valence-electron chi connectivity index (χ0n) is 6.58. The molecule has 0 N–H and O–H groups in total. The number of hydrogen-bond acceptors (Lipinski definition) is 2. The molecule has 10 heavy (non-hydrogen) atoms. The zero-order chi connectivity index (χ0) is 7.56. The van der Waals surface area contributed by atoms with Crippen molar-refractivity contribution in [1.82, 2.24) is 9.42 Å². The van der Waals surface area contributed by atoms with Crippen LogP contribution in [-0.4, -0.2) is 35.9 Å². The van der Waals surface area contributed by atoms with E-state index in [2.05, 4.69) is 40.9 Å². The van der Waals surface area contributed by atoms with Crippen LogP contribution in [0.5, 0.6) is 0 Å². The molecule has 0 saturated heterocycles.